The number of ether oxygens (including phenoxy) is 2. The van der Waals surface area contributed by atoms with Gasteiger partial charge < -0.3 is 9.47 Å². The first-order valence-electron chi connectivity index (χ1n) is 13.2. The van der Waals surface area contributed by atoms with Gasteiger partial charge in [-0.1, -0.05) is 63.5 Å². The maximum absolute atomic E-state index is 11.7. The number of esters is 1. The van der Waals surface area contributed by atoms with Crippen molar-refractivity contribution in [2.45, 2.75) is 84.0 Å². The Morgan fingerprint density at radius 1 is 0.914 bits per heavy atom. The molecule has 1 heterocycles. The third-order valence-corrected chi connectivity index (χ3v) is 6.50. The van der Waals surface area contributed by atoms with Gasteiger partial charge >= 0.3 is 5.97 Å². The SMILES string of the molecule is C=C(C)C(=O)OCCCC(CCCCCC)c1ccc2c(CCCCOc3ccccc3)c1N=N2. The predicted octanol–water partition coefficient (Wildman–Crippen LogP) is 8.77. The Bertz CT molecular complexity index is 985. The van der Waals surface area contributed by atoms with Gasteiger partial charge in [-0.2, -0.15) is 5.11 Å². The molecule has 0 amide bonds. The van der Waals surface area contributed by atoms with E-state index >= 15 is 0 Å². The van der Waals surface area contributed by atoms with Crippen LogP contribution in [0.5, 0.6) is 5.75 Å². The molecule has 35 heavy (non-hydrogen) atoms. The topological polar surface area (TPSA) is 60.2 Å². The van der Waals surface area contributed by atoms with Crippen LogP contribution >= 0.6 is 0 Å². The molecule has 188 valence electrons. The van der Waals surface area contributed by atoms with Crippen LogP contribution in [0.3, 0.4) is 0 Å². The van der Waals surface area contributed by atoms with Crippen LogP contribution in [0.1, 0.15) is 88.7 Å². The molecule has 0 aliphatic carbocycles. The van der Waals surface area contributed by atoms with E-state index in [2.05, 4.69) is 35.9 Å². The minimum absolute atomic E-state index is 0.306. The van der Waals surface area contributed by atoms with Gasteiger partial charge in [0.1, 0.15) is 5.75 Å². The Labute approximate surface area is 210 Å². The zero-order valence-electron chi connectivity index (χ0n) is 21.4. The number of fused-ring (bicyclic) bond motifs is 2. The average molecular weight is 477 g/mol. The molecule has 1 aliphatic heterocycles. The molecular weight excluding hydrogens is 436 g/mol. The fourth-order valence-electron chi connectivity index (χ4n) is 4.54. The summed E-state index contributed by atoms with van der Waals surface area (Å²) in [6.07, 6.45) is 10.9. The smallest absolute Gasteiger partial charge is 0.333 e. The van der Waals surface area contributed by atoms with E-state index in [9.17, 15) is 4.79 Å². The van der Waals surface area contributed by atoms with Crippen LogP contribution in [0.2, 0.25) is 0 Å². The molecule has 1 atom stereocenters. The summed E-state index contributed by atoms with van der Waals surface area (Å²) in [6, 6.07) is 14.3. The number of carbonyl (C=O) groups excluding carboxylic acids is 1. The van der Waals surface area contributed by atoms with Crippen molar-refractivity contribution >= 4 is 17.3 Å². The molecule has 2 bridgehead atoms. The lowest BCUT2D eigenvalue weighted by Crippen LogP contribution is -2.08. The molecule has 0 saturated heterocycles. The number of unbranched alkanes of at least 4 members (excludes halogenated alkanes) is 4. The van der Waals surface area contributed by atoms with Crippen molar-refractivity contribution in [3.05, 3.63) is 65.7 Å². The van der Waals surface area contributed by atoms with E-state index in [0.717, 1.165) is 55.6 Å². The standard InChI is InChI=1S/C30H40N2O3/c1-4-5-6-8-14-24(15-13-22-35-30(33)23(2)3)26-19-20-28-27(29(26)32-31-28)18-11-12-21-34-25-16-9-7-10-17-25/h7,9-10,16-17,19-20,24H,2,4-6,8,11-15,18,21-22H2,1,3H3. The molecule has 1 aliphatic rings. The van der Waals surface area contributed by atoms with Crippen molar-refractivity contribution in [1.29, 1.82) is 0 Å². The number of hydrogen-bond acceptors (Lipinski definition) is 5. The molecule has 5 nitrogen and oxygen atoms in total. The van der Waals surface area contributed by atoms with Crippen LogP contribution in [0, 0.1) is 0 Å². The molecule has 5 heteroatoms. The van der Waals surface area contributed by atoms with E-state index in [1.165, 1.54) is 36.8 Å². The largest absolute Gasteiger partial charge is 0.494 e. The van der Waals surface area contributed by atoms with Crippen LogP contribution in [0.4, 0.5) is 11.4 Å². The molecular formula is C30H40N2O3. The molecule has 0 aromatic heterocycles. The molecule has 0 radical (unpaired) electrons. The number of carbonyl (C=O) groups is 1. The maximum Gasteiger partial charge on any atom is 0.333 e. The number of para-hydroxylation sites is 1. The lowest BCUT2D eigenvalue weighted by Gasteiger charge is -2.20. The molecule has 0 saturated carbocycles. The molecule has 0 spiro atoms. The Morgan fingerprint density at radius 2 is 1.71 bits per heavy atom. The van der Waals surface area contributed by atoms with Gasteiger partial charge in [0.2, 0.25) is 0 Å². The van der Waals surface area contributed by atoms with E-state index in [0.29, 0.717) is 24.7 Å². The van der Waals surface area contributed by atoms with Gasteiger partial charge in [-0.25, -0.2) is 4.79 Å². The fourth-order valence-corrected chi connectivity index (χ4v) is 4.54. The fraction of sp³-hybridized carbons (Fsp3) is 0.500. The number of benzene rings is 2. The predicted molar refractivity (Wildman–Crippen MR) is 142 cm³/mol. The average Bonchev–Trinajstić information content (AvgIpc) is 3.13. The van der Waals surface area contributed by atoms with Crippen LogP contribution in [0.25, 0.3) is 0 Å². The van der Waals surface area contributed by atoms with E-state index in [-0.39, 0.29) is 5.97 Å². The lowest BCUT2D eigenvalue weighted by atomic mass is 9.86. The first-order valence-corrected chi connectivity index (χ1v) is 13.2. The Hall–Kier alpha value is -2.95. The summed E-state index contributed by atoms with van der Waals surface area (Å²) in [5.41, 5.74) is 5.10. The maximum atomic E-state index is 11.7. The number of azo groups is 1. The summed E-state index contributed by atoms with van der Waals surface area (Å²) in [7, 11) is 0. The van der Waals surface area contributed by atoms with Crippen LogP contribution in [0.15, 0.2) is 64.8 Å². The van der Waals surface area contributed by atoms with Crippen LogP contribution in [-0.4, -0.2) is 19.2 Å². The summed E-state index contributed by atoms with van der Waals surface area (Å²) in [5.74, 6) is 1.02. The first kappa shape index (κ1) is 26.7. The van der Waals surface area contributed by atoms with Gasteiger partial charge in [0, 0.05) is 11.1 Å². The third-order valence-electron chi connectivity index (χ3n) is 6.50. The molecule has 2 aromatic carbocycles. The Morgan fingerprint density at radius 3 is 2.49 bits per heavy atom. The quantitative estimate of drug-likeness (QED) is 0.111. The molecule has 2 aromatic rings. The zero-order chi connectivity index (χ0) is 24.9. The first-order chi connectivity index (χ1) is 17.1. The summed E-state index contributed by atoms with van der Waals surface area (Å²) in [5, 5.41) is 9.05. The number of nitrogens with zero attached hydrogens (tertiary/aromatic N) is 2. The van der Waals surface area contributed by atoms with Gasteiger partial charge in [0.05, 0.1) is 24.6 Å². The molecule has 0 fully saturated rings. The highest BCUT2D eigenvalue weighted by molar-refractivity contribution is 5.86. The second kappa shape index (κ2) is 14.4. The highest BCUT2D eigenvalue weighted by Crippen LogP contribution is 2.45. The van der Waals surface area contributed by atoms with Gasteiger partial charge in [-0.05, 0) is 75.1 Å². The lowest BCUT2D eigenvalue weighted by molar-refractivity contribution is -0.139. The zero-order valence-corrected chi connectivity index (χ0v) is 21.4. The second-order valence-electron chi connectivity index (χ2n) is 9.42. The highest BCUT2D eigenvalue weighted by atomic mass is 16.5. The normalized spacial score (nSPS) is 12.5. The van der Waals surface area contributed by atoms with Crippen molar-refractivity contribution in [3.8, 4) is 5.75 Å². The van der Waals surface area contributed by atoms with Crippen molar-refractivity contribution in [2.75, 3.05) is 13.2 Å². The van der Waals surface area contributed by atoms with Gasteiger partial charge in [0.15, 0.2) is 0 Å². The molecule has 0 N–H and O–H groups in total. The number of rotatable bonds is 17. The van der Waals surface area contributed by atoms with Crippen LogP contribution < -0.4 is 4.74 Å². The van der Waals surface area contributed by atoms with E-state index < -0.39 is 0 Å². The minimum atomic E-state index is -0.306. The van der Waals surface area contributed by atoms with Gasteiger partial charge in [-0.15, -0.1) is 5.11 Å². The highest BCUT2D eigenvalue weighted by Gasteiger charge is 2.23. The van der Waals surface area contributed by atoms with Crippen LogP contribution in [-0.2, 0) is 16.0 Å². The van der Waals surface area contributed by atoms with Crippen molar-refractivity contribution in [2.24, 2.45) is 10.2 Å². The minimum Gasteiger partial charge on any atom is -0.494 e. The molecule has 3 rings (SSSR count). The van der Waals surface area contributed by atoms with E-state index in [1.54, 1.807) is 6.92 Å². The monoisotopic (exact) mass is 476 g/mol. The summed E-state index contributed by atoms with van der Waals surface area (Å²) >= 11 is 0. The van der Waals surface area contributed by atoms with Crippen molar-refractivity contribution in [3.63, 3.8) is 0 Å². The Balaban J connectivity index is 1.58. The Kier molecular flexibility index (Phi) is 11.0. The number of hydrogen-bond donors (Lipinski definition) is 0. The van der Waals surface area contributed by atoms with Crippen molar-refractivity contribution < 1.29 is 14.3 Å². The molecule has 1 unspecified atom stereocenters. The summed E-state index contributed by atoms with van der Waals surface area (Å²) in [4.78, 5) is 11.7. The van der Waals surface area contributed by atoms with Crippen molar-refractivity contribution in [1.82, 2.24) is 0 Å². The van der Waals surface area contributed by atoms with Gasteiger partial charge in [-0.3, -0.25) is 0 Å². The summed E-state index contributed by atoms with van der Waals surface area (Å²) in [6.45, 7) is 8.73. The van der Waals surface area contributed by atoms with Gasteiger partial charge in [0.25, 0.3) is 0 Å². The van der Waals surface area contributed by atoms with E-state index in [1.807, 2.05) is 30.3 Å². The third kappa shape index (κ3) is 8.34. The summed E-state index contributed by atoms with van der Waals surface area (Å²) < 4.78 is 11.2. The van der Waals surface area contributed by atoms with E-state index in [4.69, 9.17) is 9.47 Å². The second-order valence-corrected chi connectivity index (χ2v) is 9.42.